The summed E-state index contributed by atoms with van der Waals surface area (Å²) >= 11 is 5.94. The maximum Gasteiger partial charge on any atom is 0.254 e. The summed E-state index contributed by atoms with van der Waals surface area (Å²) in [7, 11) is 0. The molecule has 1 aromatic carbocycles. The van der Waals surface area contributed by atoms with Crippen LogP contribution < -0.4 is 16.4 Å². The van der Waals surface area contributed by atoms with Crippen LogP contribution in [-0.4, -0.2) is 33.0 Å². The van der Waals surface area contributed by atoms with Gasteiger partial charge in [0.2, 0.25) is 0 Å². The van der Waals surface area contributed by atoms with E-state index >= 15 is 0 Å². The lowest BCUT2D eigenvalue weighted by Gasteiger charge is -2.36. The highest BCUT2D eigenvalue weighted by Gasteiger charge is 2.40. The minimum atomic E-state index is -0.550. The summed E-state index contributed by atoms with van der Waals surface area (Å²) in [6.45, 7) is 4.53. The number of carbonyl (C=O) groups excluding carboxylic acids is 1. The first-order valence-electron chi connectivity index (χ1n) is 10.5. The van der Waals surface area contributed by atoms with E-state index in [1.807, 2.05) is 12.1 Å². The van der Waals surface area contributed by atoms with Crippen molar-refractivity contribution in [2.75, 3.05) is 5.32 Å². The third-order valence-corrected chi connectivity index (χ3v) is 6.51. The molecule has 7 nitrogen and oxygen atoms in total. The second kappa shape index (κ2) is 8.04. The molecule has 2 aliphatic carbocycles. The molecule has 0 radical (unpaired) electrons. The number of nitrogens with one attached hydrogen (secondary N) is 3. The van der Waals surface area contributed by atoms with Crippen molar-refractivity contribution < 1.29 is 4.79 Å². The molecule has 2 saturated carbocycles. The fraction of sp³-hybridized carbons (Fsp3) is 0.500. The average Bonchev–Trinajstić information content (AvgIpc) is 3.46. The van der Waals surface area contributed by atoms with E-state index < -0.39 is 5.91 Å². The third-order valence-electron chi connectivity index (χ3n) is 6.25. The van der Waals surface area contributed by atoms with Gasteiger partial charge in [-0.05, 0) is 69.7 Å². The van der Waals surface area contributed by atoms with Crippen molar-refractivity contribution in [1.82, 2.24) is 15.1 Å². The molecule has 0 spiro atoms. The molecule has 1 amide bonds. The van der Waals surface area contributed by atoms with Crippen LogP contribution in [0.2, 0.25) is 5.02 Å². The van der Waals surface area contributed by atoms with Crippen LogP contribution >= 0.6 is 11.6 Å². The largest absolute Gasteiger partial charge is 0.365 e. The molecular formula is C22H29ClN6O. The van der Waals surface area contributed by atoms with Crippen LogP contribution in [0.25, 0.3) is 0 Å². The van der Waals surface area contributed by atoms with E-state index in [1.54, 1.807) is 23.0 Å². The van der Waals surface area contributed by atoms with E-state index in [-0.39, 0.29) is 11.6 Å². The standard InChI is InChI=1S/C22H29ClN6O/c1-22(2,13-3-4-13)27-16-9-10-19(18(24)11-16)29-12-17(20(25)30)21(28-29)26-15-7-5-14(23)6-8-15/h5-8,12-13,16,19,24,27H,3-4,9-11H2,1-2H3,(H2,25,30)(H,26,28)/t16-,19?/m1/s1. The molecule has 2 fully saturated rings. The molecule has 0 saturated heterocycles. The van der Waals surface area contributed by atoms with Crippen molar-refractivity contribution in [1.29, 1.82) is 5.41 Å². The zero-order valence-corrected chi connectivity index (χ0v) is 18.2. The Labute approximate surface area is 181 Å². The topological polar surface area (TPSA) is 109 Å². The van der Waals surface area contributed by atoms with E-state index in [1.165, 1.54) is 12.8 Å². The second-order valence-electron chi connectivity index (χ2n) is 9.03. The van der Waals surface area contributed by atoms with Crippen molar-refractivity contribution in [2.24, 2.45) is 11.7 Å². The van der Waals surface area contributed by atoms with Crippen LogP contribution in [-0.2, 0) is 0 Å². The minimum Gasteiger partial charge on any atom is -0.365 e. The highest BCUT2D eigenvalue weighted by Crippen LogP contribution is 2.40. The van der Waals surface area contributed by atoms with Crippen LogP contribution in [0.15, 0.2) is 30.5 Å². The van der Waals surface area contributed by atoms with Gasteiger partial charge in [0.1, 0.15) is 5.56 Å². The van der Waals surface area contributed by atoms with Crippen LogP contribution in [0.1, 0.15) is 62.4 Å². The predicted molar refractivity (Wildman–Crippen MR) is 120 cm³/mol. The Morgan fingerprint density at radius 3 is 2.53 bits per heavy atom. The number of halogens is 1. The molecule has 2 atom stereocenters. The molecule has 5 N–H and O–H groups in total. The lowest BCUT2D eigenvalue weighted by atomic mass is 9.86. The van der Waals surface area contributed by atoms with E-state index in [9.17, 15) is 4.79 Å². The fourth-order valence-corrected chi connectivity index (χ4v) is 4.52. The fourth-order valence-electron chi connectivity index (χ4n) is 4.39. The van der Waals surface area contributed by atoms with Gasteiger partial charge in [-0.25, -0.2) is 0 Å². The van der Waals surface area contributed by atoms with Crippen LogP contribution in [0.4, 0.5) is 11.5 Å². The number of hydrogen-bond donors (Lipinski definition) is 4. The van der Waals surface area contributed by atoms with Gasteiger partial charge in [0.25, 0.3) is 5.91 Å². The molecule has 0 bridgehead atoms. The summed E-state index contributed by atoms with van der Waals surface area (Å²) in [5.41, 5.74) is 7.40. The molecule has 1 aromatic heterocycles. The van der Waals surface area contributed by atoms with Crippen molar-refractivity contribution in [3.05, 3.63) is 41.0 Å². The molecule has 2 aromatic rings. The van der Waals surface area contributed by atoms with Crippen molar-refractivity contribution in [3.63, 3.8) is 0 Å². The smallest absolute Gasteiger partial charge is 0.254 e. The number of amides is 1. The predicted octanol–water partition coefficient (Wildman–Crippen LogP) is 4.27. The van der Waals surface area contributed by atoms with Gasteiger partial charge >= 0.3 is 0 Å². The molecule has 30 heavy (non-hydrogen) atoms. The Kier molecular flexibility index (Phi) is 5.59. The molecule has 0 aliphatic heterocycles. The molecule has 160 valence electrons. The third kappa shape index (κ3) is 4.52. The molecule has 1 heterocycles. The highest BCUT2D eigenvalue weighted by molar-refractivity contribution is 6.30. The lowest BCUT2D eigenvalue weighted by molar-refractivity contribution is 0.100. The van der Waals surface area contributed by atoms with Crippen LogP contribution in [0, 0.1) is 11.3 Å². The monoisotopic (exact) mass is 428 g/mol. The number of carbonyl (C=O) groups is 1. The summed E-state index contributed by atoms with van der Waals surface area (Å²) in [6, 6.07) is 7.29. The number of anilines is 2. The first-order chi connectivity index (χ1) is 14.2. The molecule has 2 aliphatic rings. The first kappa shape index (κ1) is 20.9. The van der Waals surface area contributed by atoms with Gasteiger partial charge in [0, 0.05) is 40.6 Å². The Balaban J connectivity index is 1.48. The summed E-state index contributed by atoms with van der Waals surface area (Å²) in [5, 5.41) is 20.7. The van der Waals surface area contributed by atoms with Gasteiger partial charge in [-0.15, -0.1) is 0 Å². The Bertz CT molecular complexity index is 947. The molecule has 8 heteroatoms. The number of aromatic nitrogens is 2. The van der Waals surface area contributed by atoms with Crippen molar-refractivity contribution in [2.45, 2.75) is 63.6 Å². The number of benzene rings is 1. The van der Waals surface area contributed by atoms with Crippen LogP contribution in [0.3, 0.4) is 0 Å². The van der Waals surface area contributed by atoms with Crippen molar-refractivity contribution >= 4 is 34.7 Å². The summed E-state index contributed by atoms with van der Waals surface area (Å²) < 4.78 is 1.71. The van der Waals surface area contributed by atoms with Gasteiger partial charge in [-0.3, -0.25) is 9.48 Å². The zero-order valence-electron chi connectivity index (χ0n) is 17.4. The average molecular weight is 429 g/mol. The summed E-state index contributed by atoms with van der Waals surface area (Å²) in [4.78, 5) is 12.0. The Morgan fingerprint density at radius 1 is 1.23 bits per heavy atom. The zero-order chi connectivity index (χ0) is 21.5. The van der Waals surface area contributed by atoms with E-state index in [4.69, 9.17) is 22.7 Å². The molecule has 1 unspecified atom stereocenters. The second-order valence-corrected chi connectivity index (χ2v) is 9.46. The van der Waals surface area contributed by atoms with E-state index in [2.05, 4.69) is 29.6 Å². The Morgan fingerprint density at radius 2 is 1.93 bits per heavy atom. The molecular weight excluding hydrogens is 400 g/mol. The summed E-state index contributed by atoms with van der Waals surface area (Å²) in [6.07, 6.45) is 6.69. The van der Waals surface area contributed by atoms with Crippen LogP contribution in [0.5, 0.6) is 0 Å². The lowest BCUT2D eigenvalue weighted by Crippen LogP contribution is -2.50. The summed E-state index contributed by atoms with van der Waals surface area (Å²) in [5.74, 6) is 0.591. The van der Waals surface area contributed by atoms with E-state index in [0.29, 0.717) is 34.6 Å². The maximum atomic E-state index is 12.0. The SMILES string of the molecule is CC(C)(N[C@@H]1CCC(n2cc(C(N)=O)c(Nc3ccc(Cl)cc3)n2)C(=N)C1)C1CC1. The van der Waals surface area contributed by atoms with Gasteiger partial charge in [-0.1, -0.05) is 11.6 Å². The van der Waals surface area contributed by atoms with Gasteiger partial charge in [-0.2, -0.15) is 5.10 Å². The number of rotatable bonds is 7. The number of nitrogens with two attached hydrogens (primary N) is 1. The maximum absolute atomic E-state index is 12.0. The Hall–Kier alpha value is -2.38. The number of nitrogens with zero attached hydrogens (tertiary/aromatic N) is 2. The van der Waals surface area contributed by atoms with Gasteiger partial charge in [0.15, 0.2) is 5.82 Å². The number of hydrogen-bond acceptors (Lipinski definition) is 5. The first-order valence-corrected chi connectivity index (χ1v) is 10.9. The van der Waals surface area contributed by atoms with E-state index in [0.717, 1.165) is 24.4 Å². The quantitative estimate of drug-likeness (QED) is 0.527. The highest BCUT2D eigenvalue weighted by atomic mass is 35.5. The number of primary amides is 1. The minimum absolute atomic E-state index is 0.123. The normalized spacial score (nSPS) is 22.2. The van der Waals surface area contributed by atoms with Crippen molar-refractivity contribution in [3.8, 4) is 0 Å². The van der Waals surface area contributed by atoms with Gasteiger partial charge in [0.05, 0.1) is 6.04 Å². The molecule has 4 rings (SSSR count). The van der Waals surface area contributed by atoms with Gasteiger partial charge < -0.3 is 21.8 Å².